The monoisotopic (exact) mass is 206 g/mol. The molecular formula is C3H3F3NO4S-. The Labute approximate surface area is 65.7 Å². The van der Waals surface area contributed by atoms with Gasteiger partial charge in [-0.3, -0.25) is 4.18 Å². The predicted octanol–water partition coefficient (Wildman–Crippen LogP) is -0.801. The van der Waals surface area contributed by atoms with Crippen molar-refractivity contribution in [2.75, 3.05) is 7.11 Å². The van der Waals surface area contributed by atoms with Crippen LogP contribution in [0.15, 0.2) is 4.40 Å². The first-order chi connectivity index (χ1) is 5.19. The van der Waals surface area contributed by atoms with E-state index < -0.39 is 22.4 Å². The molecule has 0 N–H and O–H groups in total. The summed E-state index contributed by atoms with van der Waals surface area (Å²) in [6.45, 7) is 0. The maximum Gasteiger partial charge on any atom is 0.420 e. The quantitative estimate of drug-likeness (QED) is 0.437. The highest BCUT2D eigenvalue weighted by Crippen LogP contribution is 2.14. The molecule has 0 saturated heterocycles. The van der Waals surface area contributed by atoms with Crippen LogP contribution < -0.4 is 5.11 Å². The molecule has 0 aliphatic rings. The van der Waals surface area contributed by atoms with Crippen LogP contribution in [0.3, 0.4) is 0 Å². The van der Waals surface area contributed by atoms with Crippen LogP contribution in [0.25, 0.3) is 0 Å². The van der Waals surface area contributed by atoms with Gasteiger partial charge in [0.15, 0.2) is 0 Å². The molecule has 0 spiro atoms. The largest absolute Gasteiger partial charge is 0.855 e. The molecule has 0 fully saturated rings. The molecule has 0 aromatic heterocycles. The van der Waals surface area contributed by atoms with Crippen LogP contribution >= 0.6 is 0 Å². The van der Waals surface area contributed by atoms with Crippen molar-refractivity contribution < 1.29 is 30.9 Å². The van der Waals surface area contributed by atoms with Crippen molar-refractivity contribution in [3.8, 4) is 0 Å². The molecule has 0 radical (unpaired) electrons. The molecule has 9 heteroatoms. The van der Waals surface area contributed by atoms with Crippen LogP contribution in [0.2, 0.25) is 0 Å². The van der Waals surface area contributed by atoms with E-state index in [0.717, 1.165) is 0 Å². The SMILES string of the molecule is COS(=O)(=O)N=C([O-])C(F)(F)F. The lowest BCUT2D eigenvalue weighted by Crippen LogP contribution is -2.35. The number of rotatable bonds is 2. The Balaban J connectivity index is 4.83. The smallest absolute Gasteiger partial charge is 0.420 e. The molecule has 0 amide bonds. The van der Waals surface area contributed by atoms with Gasteiger partial charge in [0.25, 0.3) is 0 Å². The summed E-state index contributed by atoms with van der Waals surface area (Å²) in [7, 11) is -4.16. The molecule has 0 atom stereocenters. The molecule has 5 nitrogen and oxygen atoms in total. The molecule has 0 aliphatic carbocycles. The summed E-state index contributed by atoms with van der Waals surface area (Å²) in [4.78, 5) is 0. The minimum absolute atomic E-state index is 0.586. The van der Waals surface area contributed by atoms with Gasteiger partial charge in [0.05, 0.1) is 13.0 Å². The summed E-state index contributed by atoms with van der Waals surface area (Å²) in [6.07, 6.45) is -5.30. The molecule has 72 valence electrons. The van der Waals surface area contributed by atoms with Gasteiger partial charge in [-0.2, -0.15) is 26.0 Å². The average Bonchev–Trinajstić information content (AvgIpc) is 1.85. The van der Waals surface area contributed by atoms with E-state index in [1.165, 1.54) is 0 Å². The summed E-state index contributed by atoms with van der Waals surface area (Å²) in [5.41, 5.74) is 0. The maximum atomic E-state index is 11.4. The Morgan fingerprint density at radius 2 is 1.92 bits per heavy atom. The second-order valence-corrected chi connectivity index (χ2v) is 2.86. The number of hydrogen-bond acceptors (Lipinski definition) is 4. The first-order valence-electron chi connectivity index (χ1n) is 2.34. The molecule has 0 aromatic carbocycles. The Bertz CT molecular complexity index is 278. The Hall–Kier alpha value is -0.830. The van der Waals surface area contributed by atoms with Gasteiger partial charge < -0.3 is 5.11 Å². The van der Waals surface area contributed by atoms with Gasteiger partial charge in [-0.1, -0.05) is 0 Å². The number of hydrogen-bond donors (Lipinski definition) is 0. The van der Waals surface area contributed by atoms with Crippen LogP contribution in [-0.2, 0) is 14.5 Å². The second kappa shape index (κ2) is 3.27. The summed E-state index contributed by atoms with van der Waals surface area (Å²) in [5.74, 6) is -2.72. The minimum atomic E-state index is -5.30. The highest BCUT2D eigenvalue weighted by molar-refractivity contribution is 7.85. The van der Waals surface area contributed by atoms with Crippen LogP contribution in [0, 0.1) is 0 Å². The fraction of sp³-hybridized carbons (Fsp3) is 0.667. The topological polar surface area (TPSA) is 78.8 Å². The van der Waals surface area contributed by atoms with Crippen molar-refractivity contribution >= 4 is 16.2 Å². The maximum absolute atomic E-state index is 11.4. The number of halogens is 3. The second-order valence-electron chi connectivity index (χ2n) is 1.49. The fourth-order valence-corrected chi connectivity index (χ4v) is 0.572. The number of nitrogens with zero attached hydrogens (tertiary/aromatic N) is 1. The normalized spacial score (nSPS) is 14.8. The molecule has 0 saturated carbocycles. The van der Waals surface area contributed by atoms with Gasteiger partial charge in [-0.15, -0.1) is 0 Å². The van der Waals surface area contributed by atoms with Gasteiger partial charge in [0.1, 0.15) is 0 Å². The highest BCUT2D eigenvalue weighted by Gasteiger charge is 2.29. The lowest BCUT2D eigenvalue weighted by atomic mass is 10.7. The standard InChI is InChI=1S/C3H4F3NO4S/c1-11-12(9,10)7-2(8)3(4,5)6/h1H3,(H,7,8)/p-1. The molecule has 0 bridgehead atoms. The van der Waals surface area contributed by atoms with E-state index in [1.54, 1.807) is 4.40 Å². The first kappa shape index (κ1) is 11.2. The van der Waals surface area contributed by atoms with Crippen molar-refractivity contribution in [2.45, 2.75) is 6.18 Å². The molecule has 0 rings (SSSR count). The van der Waals surface area contributed by atoms with E-state index in [1.807, 2.05) is 0 Å². The van der Waals surface area contributed by atoms with Crippen molar-refractivity contribution in [3.05, 3.63) is 0 Å². The van der Waals surface area contributed by atoms with E-state index in [-0.39, 0.29) is 0 Å². The van der Waals surface area contributed by atoms with Gasteiger partial charge in [-0.25, -0.2) is 0 Å². The van der Waals surface area contributed by atoms with Crippen LogP contribution in [0.4, 0.5) is 13.2 Å². The van der Waals surface area contributed by atoms with E-state index >= 15 is 0 Å². The predicted molar refractivity (Wildman–Crippen MR) is 29.4 cm³/mol. The highest BCUT2D eigenvalue weighted by atomic mass is 32.2. The van der Waals surface area contributed by atoms with Gasteiger partial charge in [0, 0.05) is 0 Å². The lowest BCUT2D eigenvalue weighted by Gasteiger charge is -2.12. The van der Waals surface area contributed by atoms with Crippen LogP contribution in [0.1, 0.15) is 0 Å². The lowest BCUT2D eigenvalue weighted by molar-refractivity contribution is -0.262. The van der Waals surface area contributed by atoms with Crippen LogP contribution in [0.5, 0.6) is 0 Å². The van der Waals surface area contributed by atoms with Crippen molar-refractivity contribution in [2.24, 2.45) is 4.40 Å². The summed E-state index contributed by atoms with van der Waals surface area (Å²) in [5, 5.41) is 9.89. The van der Waals surface area contributed by atoms with Crippen LogP contribution in [-0.4, -0.2) is 27.6 Å². The first-order valence-corrected chi connectivity index (χ1v) is 3.70. The number of alkyl halides is 3. The zero-order valence-corrected chi connectivity index (χ0v) is 6.44. The third-order valence-electron chi connectivity index (χ3n) is 0.648. The Morgan fingerprint density at radius 1 is 1.50 bits per heavy atom. The summed E-state index contributed by atoms with van der Waals surface area (Å²) >= 11 is 0. The molecule has 0 aliphatic heterocycles. The van der Waals surface area contributed by atoms with E-state index in [4.69, 9.17) is 0 Å². The van der Waals surface area contributed by atoms with Gasteiger partial charge >= 0.3 is 16.5 Å². The third-order valence-corrected chi connectivity index (χ3v) is 1.46. The summed E-state index contributed by atoms with van der Waals surface area (Å²) < 4.78 is 59.6. The average molecular weight is 206 g/mol. The van der Waals surface area contributed by atoms with Gasteiger partial charge in [0.2, 0.25) is 0 Å². The van der Waals surface area contributed by atoms with E-state index in [9.17, 15) is 26.7 Å². The molecule has 0 heterocycles. The summed E-state index contributed by atoms with van der Waals surface area (Å²) in [6, 6.07) is 0. The molecular weight excluding hydrogens is 203 g/mol. The third kappa shape index (κ3) is 3.53. The zero-order valence-electron chi connectivity index (χ0n) is 5.62. The van der Waals surface area contributed by atoms with Crippen molar-refractivity contribution in [1.82, 2.24) is 0 Å². The molecule has 0 aromatic rings. The Kier molecular flexibility index (Phi) is 3.04. The van der Waals surface area contributed by atoms with Gasteiger partial charge in [-0.05, 0) is 0 Å². The Morgan fingerprint density at radius 3 is 2.17 bits per heavy atom. The molecule has 12 heavy (non-hydrogen) atoms. The van der Waals surface area contributed by atoms with E-state index in [2.05, 4.69) is 4.18 Å². The van der Waals surface area contributed by atoms with E-state index in [0.29, 0.717) is 7.11 Å². The van der Waals surface area contributed by atoms with Crippen molar-refractivity contribution in [1.29, 1.82) is 0 Å². The molecule has 0 unspecified atom stereocenters. The van der Waals surface area contributed by atoms with Crippen molar-refractivity contribution in [3.63, 3.8) is 0 Å². The fourth-order valence-electron chi connectivity index (χ4n) is 0.191. The minimum Gasteiger partial charge on any atom is -0.855 e. The zero-order chi connectivity index (χ0) is 9.99.